The topological polar surface area (TPSA) is 66.9 Å². The van der Waals surface area contributed by atoms with Crippen molar-refractivity contribution in [2.45, 2.75) is 18.0 Å². The van der Waals surface area contributed by atoms with Gasteiger partial charge >= 0.3 is 12.3 Å². The van der Waals surface area contributed by atoms with Crippen molar-refractivity contribution in [3.8, 4) is 0 Å². The number of amides is 1. The lowest BCUT2D eigenvalue weighted by Crippen LogP contribution is -2.50. The number of rotatable bonds is 3. The van der Waals surface area contributed by atoms with E-state index in [4.69, 9.17) is 16.3 Å². The summed E-state index contributed by atoms with van der Waals surface area (Å²) < 4.78 is 69.8. The first-order chi connectivity index (χ1) is 11.6. The average Bonchev–Trinajstić information content (AvgIpc) is 2.54. The predicted molar refractivity (Wildman–Crippen MR) is 83.8 cm³/mol. The molecule has 0 saturated carbocycles. The van der Waals surface area contributed by atoms with Gasteiger partial charge in [-0.1, -0.05) is 11.6 Å². The van der Waals surface area contributed by atoms with Crippen LogP contribution in [0.1, 0.15) is 12.5 Å². The second-order valence-corrected chi connectivity index (χ2v) is 7.57. The summed E-state index contributed by atoms with van der Waals surface area (Å²) in [5.41, 5.74) is -1.21. The lowest BCUT2D eigenvalue weighted by atomic mass is 10.2. The third-order valence-corrected chi connectivity index (χ3v) is 5.87. The molecule has 1 saturated heterocycles. The van der Waals surface area contributed by atoms with Crippen LogP contribution in [0.3, 0.4) is 0 Å². The Hall–Kier alpha value is -1.52. The molecule has 1 fully saturated rings. The summed E-state index contributed by atoms with van der Waals surface area (Å²) in [6, 6.07) is 2.46. The van der Waals surface area contributed by atoms with Crippen LogP contribution in [0, 0.1) is 0 Å². The highest BCUT2D eigenvalue weighted by Gasteiger charge is 2.36. The Morgan fingerprint density at radius 1 is 1.24 bits per heavy atom. The van der Waals surface area contributed by atoms with Crippen LogP contribution in [0.5, 0.6) is 0 Å². The molecule has 1 aromatic carbocycles. The number of alkyl halides is 3. The molecule has 0 radical (unpaired) electrons. The van der Waals surface area contributed by atoms with E-state index in [0.717, 1.165) is 16.4 Å². The van der Waals surface area contributed by atoms with Crippen LogP contribution in [0.15, 0.2) is 23.1 Å². The van der Waals surface area contributed by atoms with Gasteiger partial charge in [0.1, 0.15) is 0 Å². The Bertz CT molecular complexity index is 747. The highest BCUT2D eigenvalue weighted by molar-refractivity contribution is 7.89. The average molecular weight is 401 g/mol. The van der Waals surface area contributed by atoms with Crippen LogP contribution < -0.4 is 0 Å². The summed E-state index contributed by atoms with van der Waals surface area (Å²) >= 11 is 5.51. The van der Waals surface area contributed by atoms with Crippen LogP contribution in [-0.2, 0) is 20.9 Å². The number of piperazine rings is 1. The van der Waals surface area contributed by atoms with E-state index in [2.05, 4.69) is 0 Å². The summed E-state index contributed by atoms with van der Waals surface area (Å²) in [4.78, 5) is 12.5. The molecule has 2 rings (SSSR count). The van der Waals surface area contributed by atoms with Crippen molar-refractivity contribution in [1.82, 2.24) is 9.21 Å². The van der Waals surface area contributed by atoms with Crippen LogP contribution in [0.25, 0.3) is 0 Å². The first-order valence-corrected chi connectivity index (χ1v) is 9.17. The molecule has 0 spiro atoms. The molecule has 0 N–H and O–H groups in total. The van der Waals surface area contributed by atoms with E-state index in [1.807, 2.05) is 0 Å². The maximum Gasteiger partial charge on any atom is 0.417 e. The van der Waals surface area contributed by atoms with Crippen LogP contribution in [0.4, 0.5) is 18.0 Å². The van der Waals surface area contributed by atoms with Gasteiger partial charge < -0.3 is 9.64 Å². The standard InChI is InChI=1S/C14H16ClF3N2O4S/c1-2-24-13(21)19-5-7-20(8-6-19)25(22,23)10-3-4-12(15)11(9-10)14(16,17)18/h3-4,9H,2,5-8H2,1H3. The zero-order chi connectivity index (χ0) is 18.8. The zero-order valence-electron chi connectivity index (χ0n) is 13.2. The lowest BCUT2D eigenvalue weighted by molar-refractivity contribution is -0.137. The summed E-state index contributed by atoms with van der Waals surface area (Å²) in [6.07, 6.45) is -5.31. The van der Waals surface area contributed by atoms with E-state index >= 15 is 0 Å². The Morgan fingerprint density at radius 3 is 2.36 bits per heavy atom. The number of benzene rings is 1. The normalized spacial score (nSPS) is 16.8. The Labute approximate surface area is 148 Å². The van der Waals surface area contributed by atoms with Crippen molar-refractivity contribution in [3.63, 3.8) is 0 Å². The molecule has 0 bridgehead atoms. The number of ether oxygens (including phenoxy) is 1. The minimum Gasteiger partial charge on any atom is -0.450 e. The molecule has 0 aliphatic carbocycles. The predicted octanol–water partition coefficient (Wildman–Crippen LogP) is 2.82. The van der Waals surface area contributed by atoms with Gasteiger partial charge in [0.15, 0.2) is 0 Å². The Morgan fingerprint density at radius 2 is 1.84 bits per heavy atom. The number of nitrogens with zero attached hydrogens (tertiary/aromatic N) is 2. The fourth-order valence-electron chi connectivity index (χ4n) is 2.36. The monoisotopic (exact) mass is 400 g/mol. The minimum atomic E-state index is -4.76. The molecule has 11 heteroatoms. The highest BCUT2D eigenvalue weighted by atomic mass is 35.5. The number of carbonyl (C=O) groups excluding carboxylic acids is 1. The van der Waals surface area contributed by atoms with E-state index in [9.17, 15) is 26.4 Å². The van der Waals surface area contributed by atoms with E-state index < -0.39 is 37.8 Å². The van der Waals surface area contributed by atoms with Crippen molar-refractivity contribution in [1.29, 1.82) is 0 Å². The van der Waals surface area contributed by atoms with Gasteiger partial charge in [-0.05, 0) is 25.1 Å². The van der Waals surface area contributed by atoms with Gasteiger partial charge in [0.05, 0.1) is 22.1 Å². The molecule has 0 unspecified atom stereocenters. The first-order valence-electron chi connectivity index (χ1n) is 7.36. The molecule has 1 aliphatic heterocycles. The summed E-state index contributed by atoms with van der Waals surface area (Å²) in [6.45, 7) is 1.96. The fourth-order valence-corrected chi connectivity index (χ4v) is 4.03. The molecule has 0 atom stereocenters. The van der Waals surface area contributed by atoms with E-state index in [1.165, 1.54) is 4.90 Å². The van der Waals surface area contributed by atoms with Gasteiger partial charge in [0.25, 0.3) is 0 Å². The van der Waals surface area contributed by atoms with Crippen molar-refractivity contribution in [2.75, 3.05) is 32.8 Å². The van der Waals surface area contributed by atoms with Crippen LogP contribution in [-0.4, -0.2) is 56.5 Å². The second-order valence-electron chi connectivity index (χ2n) is 5.23. The lowest BCUT2D eigenvalue weighted by Gasteiger charge is -2.33. The maximum atomic E-state index is 12.9. The van der Waals surface area contributed by atoms with Gasteiger partial charge in [0.2, 0.25) is 10.0 Å². The van der Waals surface area contributed by atoms with Crippen LogP contribution in [0.2, 0.25) is 5.02 Å². The number of sulfonamides is 1. The molecule has 1 heterocycles. The van der Waals surface area contributed by atoms with Crippen molar-refractivity contribution in [3.05, 3.63) is 28.8 Å². The SMILES string of the molecule is CCOC(=O)N1CCN(S(=O)(=O)c2ccc(Cl)c(C(F)(F)F)c2)CC1. The van der Waals surface area contributed by atoms with Gasteiger partial charge in [-0.25, -0.2) is 13.2 Å². The molecule has 6 nitrogen and oxygen atoms in total. The van der Waals surface area contributed by atoms with E-state index in [-0.39, 0.29) is 32.8 Å². The smallest absolute Gasteiger partial charge is 0.417 e. The quantitative estimate of drug-likeness (QED) is 0.782. The largest absolute Gasteiger partial charge is 0.450 e. The Balaban J connectivity index is 2.19. The third kappa shape index (κ3) is 4.36. The third-order valence-electron chi connectivity index (χ3n) is 3.65. The number of carbonyl (C=O) groups is 1. The number of halogens is 4. The molecule has 1 amide bonds. The van der Waals surface area contributed by atoms with Gasteiger partial charge in [0, 0.05) is 26.2 Å². The zero-order valence-corrected chi connectivity index (χ0v) is 14.8. The summed E-state index contributed by atoms with van der Waals surface area (Å²) in [5, 5.41) is -0.571. The minimum absolute atomic E-state index is 0.0366. The molecule has 25 heavy (non-hydrogen) atoms. The van der Waals surface area contributed by atoms with Crippen molar-refractivity contribution >= 4 is 27.7 Å². The fraction of sp³-hybridized carbons (Fsp3) is 0.500. The van der Waals surface area contributed by atoms with E-state index in [0.29, 0.717) is 6.07 Å². The van der Waals surface area contributed by atoms with Crippen molar-refractivity contribution in [2.24, 2.45) is 0 Å². The summed E-state index contributed by atoms with van der Waals surface area (Å²) in [5.74, 6) is 0. The molecular formula is C14H16ClF3N2O4S. The second kappa shape index (κ2) is 7.38. The molecule has 0 aromatic heterocycles. The van der Waals surface area contributed by atoms with Gasteiger partial charge in [-0.3, -0.25) is 0 Å². The van der Waals surface area contributed by atoms with Crippen molar-refractivity contribution < 1.29 is 31.1 Å². The first kappa shape index (κ1) is 19.8. The molecule has 1 aliphatic rings. The number of hydrogen-bond acceptors (Lipinski definition) is 4. The van der Waals surface area contributed by atoms with Crippen LogP contribution >= 0.6 is 11.6 Å². The summed E-state index contributed by atoms with van der Waals surface area (Å²) in [7, 11) is -4.13. The highest BCUT2D eigenvalue weighted by Crippen LogP contribution is 2.36. The van der Waals surface area contributed by atoms with E-state index in [1.54, 1.807) is 6.92 Å². The molecule has 1 aromatic rings. The van der Waals surface area contributed by atoms with Gasteiger partial charge in [-0.2, -0.15) is 17.5 Å². The molecule has 140 valence electrons. The van der Waals surface area contributed by atoms with Gasteiger partial charge in [-0.15, -0.1) is 0 Å². The molecular weight excluding hydrogens is 385 g/mol. The Kier molecular flexibility index (Phi) is 5.85. The number of hydrogen-bond donors (Lipinski definition) is 0. The maximum absolute atomic E-state index is 12.9.